The van der Waals surface area contributed by atoms with Crippen LogP contribution in [0.25, 0.3) is 73.4 Å². The van der Waals surface area contributed by atoms with Gasteiger partial charge in [-0.05, 0) is 64.7 Å². The fourth-order valence-electron chi connectivity index (χ4n) is 7.34. The van der Waals surface area contributed by atoms with E-state index in [1.807, 2.05) is 22.7 Å². The number of anilines is 3. The Bertz CT molecular complexity index is 2810. The minimum Gasteiger partial charge on any atom is -0.310 e. The van der Waals surface area contributed by atoms with Crippen molar-refractivity contribution in [3.05, 3.63) is 176 Å². The van der Waals surface area contributed by atoms with Gasteiger partial charge in [-0.15, -0.1) is 22.7 Å². The number of rotatable bonds is 5. The molecule has 10 rings (SSSR count). The van der Waals surface area contributed by atoms with E-state index in [0.29, 0.717) is 0 Å². The maximum atomic E-state index is 2.44. The summed E-state index contributed by atoms with van der Waals surface area (Å²) >= 11 is 3.77. The van der Waals surface area contributed by atoms with E-state index in [9.17, 15) is 0 Å². The first kappa shape index (κ1) is 28.3. The lowest BCUT2D eigenvalue weighted by atomic mass is 10.00. The second-order valence-corrected chi connectivity index (χ2v) is 14.6. The van der Waals surface area contributed by atoms with Crippen LogP contribution in [0.3, 0.4) is 0 Å². The third kappa shape index (κ3) is 4.66. The van der Waals surface area contributed by atoms with Crippen LogP contribution < -0.4 is 4.90 Å². The van der Waals surface area contributed by atoms with Crippen molar-refractivity contribution in [2.45, 2.75) is 0 Å². The first-order chi connectivity index (χ1) is 24.3. The Morgan fingerprint density at radius 1 is 0.327 bits per heavy atom. The number of hydrogen-bond acceptors (Lipinski definition) is 3. The van der Waals surface area contributed by atoms with Crippen molar-refractivity contribution in [2.75, 3.05) is 4.90 Å². The number of hydrogen-bond donors (Lipinski definition) is 0. The molecule has 0 unspecified atom stereocenters. The van der Waals surface area contributed by atoms with Crippen molar-refractivity contribution in [3.8, 4) is 22.3 Å². The summed E-state index contributed by atoms with van der Waals surface area (Å²) in [6.45, 7) is 0. The molecule has 0 aliphatic rings. The fraction of sp³-hybridized carbons (Fsp3) is 0. The monoisotopic (exact) mass is 659 g/mol. The van der Waals surface area contributed by atoms with Crippen LogP contribution in [0, 0.1) is 0 Å². The van der Waals surface area contributed by atoms with Gasteiger partial charge in [-0.25, -0.2) is 0 Å². The number of nitrogens with zero attached hydrogens (tertiary/aromatic N) is 1. The predicted octanol–water partition coefficient (Wildman–Crippen LogP) is 14.4. The molecule has 3 heteroatoms. The van der Waals surface area contributed by atoms with Gasteiger partial charge in [0.15, 0.2) is 0 Å². The summed E-state index contributed by atoms with van der Waals surface area (Å²) in [7, 11) is 0. The molecule has 0 N–H and O–H groups in total. The van der Waals surface area contributed by atoms with Crippen LogP contribution >= 0.6 is 22.7 Å². The van der Waals surface area contributed by atoms with E-state index >= 15 is 0 Å². The third-order valence-electron chi connectivity index (χ3n) is 9.68. The van der Waals surface area contributed by atoms with Crippen LogP contribution in [-0.2, 0) is 0 Å². The van der Waals surface area contributed by atoms with Gasteiger partial charge in [-0.1, -0.05) is 133 Å². The van der Waals surface area contributed by atoms with Crippen LogP contribution in [0.4, 0.5) is 17.1 Å². The molecule has 49 heavy (non-hydrogen) atoms. The van der Waals surface area contributed by atoms with E-state index in [-0.39, 0.29) is 0 Å². The van der Waals surface area contributed by atoms with Crippen LogP contribution in [-0.4, -0.2) is 0 Å². The minimum absolute atomic E-state index is 1.13. The smallest absolute Gasteiger partial charge is 0.0547 e. The van der Waals surface area contributed by atoms with Gasteiger partial charge in [0.1, 0.15) is 0 Å². The minimum atomic E-state index is 1.13. The summed E-state index contributed by atoms with van der Waals surface area (Å²) < 4.78 is 5.32. The Kier molecular flexibility index (Phi) is 6.61. The largest absolute Gasteiger partial charge is 0.310 e. The van der Waals surface area contributed by atoms with Gasteiger partial charge in [0.25, 0.3) is 0 Å². The van der Waals surface area contributed by atoms with Crippen molar-refractivity contribution in [2.24, 2.45) is 0 Å². The first-order valence-corrected chi connectivity index (χ1v) is 18.2. The number of benzene rings is 8. The van der Waals surface area contributed by atoms with E-state index in [1.54, 1.807) is 0 Å². The second-order valence-electron chi connectivity index (χ2n) is 12.5. The molecule has 0 aliphatic heterocycles. The van der Waals surface area contributed by atoms with Crippen LogP contribution in [0.5, 0.6) is 0 Å². The maximum absolute atomic E-state index is 2.44. The molecule has 0 bridgehead atoms. The van der Waals surface area contributed by atoms with Crippen molar-refractivity contribution in [3.63, 3.8) is 0 Å². The molecule has 0 amide bonds. The molecule has 0 saturated carbocycles. The molecule has 0 atom stereocenters. The molecule has 10 aromatic rings. The fourth-order valence-corrected chi connectivity index (χ4v) is 9.80. The molecular formula is C46H29NS2. The topological polar surface area (TPSA) is 3.24 Å². The summed E-state index contributed by atoms with van der Waals surface area (Å²) in [5, 5.41) is 7.79. The Morgan fingerprint density at radius 2 is 0.816 bits per heavy atom. The van der Waals surface area contributed by atoms with E-state index < -0.39 is 0 Å². The number of fused-ring (bicyclic) bond motifs is 8. The van der Waals surface area contributed by atoms with Crippen molar-refractivity contribution in [1.82, 2.24) is 0 Å². The summed E-state index contributed by atoms with van der Waals surface area (Å²) in [6.07, 6.45) is 0. The quantitative estimate of drug-likeness (QED) is 0.178. The average molecular weight is 660 g/mol. The number of thiophene rings is 2. The summed E-state index contributed by atoms with van der Waals surface area (Å²) in [4.78, 5) is 2.44. The molecule has 8 aromatic carbocycles. The molecule has 0 radical (unpaired) electrons. The highest BCUT2D eigenvalue weighted by molar-refractivity contribution is 7.27. The van der Waals surface area contributed by atoms with Gasteiger partial charge in [0.2, 0.25) is 0 Å². The summed E-state index contributed by atoms with van der Waals surface area (Å²) in [5.74, 6) is 0. The van der Waals surface area contributed by atoms with E-state index in [2.05, 4.69) is 181 Å². The first-order valence-electron chi connectivity index (χ1n) is 16.6. The van der Waals surface area contributed by atoms with Gasteiger partial charge in [-0.2, -0.15) is 0 Å². The predicted molar refractivity (Wildman–Crippen MR) is 215 cm³/mol. The van der Waals surface area contributed by atoms with Crippen molar-refractivity contribution >= 4 is 90.9 Å². The molecule has 2 heterocycles. The highest BCUT2D eigenvalue weighted by Gasteiger charge is 2.20. The normalized spacial score (nSPS) is 11.7. The molecule has 0 spiro atoms. The standard InChI is InChI=1S/C46H29NS2/c1-2-11-30(12-3-1)31-21-25-33(26-22-31)47(42-29-41-38-15-7-9-20-44(38)49-46(41)39-16-5-4-13-36(39)42)34-27-23-32(24-28-34)35-17-10-18-40-37-14-6-8-19-43(37)48-45(35)40/h1-29H. The summed E-state index contributed by atoms with van der Waals surface area (Å²) in [5.41, 5.74) is 8.37. The average Bonchev–Trinajstić information content (AvgIpc) is 3.75. The van der Waals surface area contributed by atoms with Crippen LogP contribution in [0.15, 0.2) is 176 Å². The highest BCUT2D eigenvalue weighted by Crippen LogP contribution is 2.47. The van der Waals surface area contributed by atoms with Crippen molar-refractivity contribution in [1.29, 1.82) is 0 Å². The van der Waals surface area contributed by atoms with Gasteiger partial charge in [0.05, 0.1) is 5.69 Å². The zero-order valence-electron chi connectivity index (χ0n) is 26.5. The van der Waals surface area contributed by atoms with E-state index in [1.165, 1.54) is 79.1 Å². The maximum Gasteiger partial charge on any atom is 0.0547 e. The zero-order chi connectivity index (χ0) is 32.3. The third-order valence-corrected chi connectivity index (χ3v) is 12.1. The Morgan fingerprint density at radius 3 is 1.51 bits per heavy atom. The van der Waals surface area contributed by atoms with Crippen molar-refractivity contribution < 1.29 is 0 Å². The van der Waals surface area contributed by atoms with Gasteiger partial charge in [0, 0.05) is 62.5 Å². The van der Waals surface area contributed by atoms with Crippen LogP contribution in [0.1, 0.15) is 0 Å². The molecular weight excluding hydrogens is 631 g/mol. The molecule has 0 saturated heterocycles. The van der Waals surface area contributed by atoms with Gasteiger partial charge < -0.3 is 4.90 Å². The highest BCUT2D eigenvalue weighted by atomic mass is 32.1. The molecule has 0 aliphatic carbocycles. The lowest BCUT2D eigenvalue weighted by molar-refractivity contribution is 1.30. The lowest BCUT2D eigenvalue weighted by Gasteiger charge is -2.27. The second kappa shape index (κ2) is 11.5. The molecule has 1 nitrogen and oxygen atoms in total. The van der Waals surface area contributed by atoms with Crippen LogP contribution in [0.2, 0.25) is 0 Å². The van der Waals surface area contributed by atoms with E-state index in [4.69, 9.17) is 0 Å². The molecule has 0 fully saturated rings. The molecule has 2 aromatic heterocycles. The van der Waals surface area contributed by atoms with Gasteiger partial charge in [-0.3, -0.25) is 0 Å². The molecule has 230 valence electrons. The zero-order valence-corrected chi connectivity index (χ0v) is 28.1. The lowest BCUT2D eigenvalue weighted by Crippen LogP contribution is -2.10. The van der Waals surface area contributed by atoms with E-state index in [0.717, 1.165) is 11.4 Å². The summed E-state index contributed by atoms with van der Waals surface area (Å²) in [6, 6.07) is 64.3. The van der Waals surface area contributed by atoms with Gasteiger partial charge >= 0.3 is 0 Å². The Hall–Kier alpha value is -5.74. The Balaban J connectivity index is 1.17. The SMILES string of the molecule is c1ccc(-c2ccc(N(c3ccc(-c4cccc5c4sc4ccccc45)cc3)c3cc4c5ccccc5sc4c4ccccc34)cc2)cc1. The Labute approximate surface area is 292 Å².